The van der Waals surface area contributed by atoms with Crippen LogP contribution in [0.1, 0.15) is 78.6 Å². The van der Waals surface area contributed by atoms with Gasteiger partial charge in [-0.2, -0.15) is 0 Å². The number of carbonyl (C=O) groups excluding carboxylic acids is 1. The Bertz CT molecular complexity index is 522. The maximum Gasteiger partial charge on any atom is 0.142 e. The molecule has 1 heteroatoms. The van der Waals surface area contributed by atoms with E-state index >= 15 is 0 Å². The molecular formula is C23H36O. The van der Waals surface area contributed by atoms with Gasteiger partial charge < -0.3 is 0 Å². The molecule has 0 heterocycles. The van der Waals surface area contributed by atoms with Crippen LogP contribution in [0.3, 0.4) is 0 Å². The molecular weight excluding hydrogens is 292 g/mol. The van der Waals surface area contributed by atoms with E-state index in [1.165, 1.54) is 57.8 Å². The summed E-state index contributed by atoms with van der Waals surface area (Å²) in [7, 11) is 0. The summed E-state index contributed by atoms with van der Waals surface area (Å²) in [6.07, 6.45) is 18.0. The van der Waals surface area contributed by atoms with Gasteiger partial charge in [0.1, 0.15) is 6.29 Å². The average Bonchev–Trinajstić information content (AvgIpc) is 2.90. The van der Waals surface area contributed by atoms with Crippen LogP contribution >= 0.6 is 0 Å². The maximum absolute atomic E-state index is 10.8. The summed E-state index contributed by atoms with van der Waals surface area (Å²) in [5.74, 6) is 5.46. The van der Waals surface area contributed by atoms with Crippen molar-refractivity contribution in [3.63, 3.8) is 0 Å². The van der Waals surface area contributed by atoms with Gasteiger partial charge in [-0.15, -0.1) is 0 Å². The molecule has 4 aliphatic carbocycles. The summed E-state index contributed by atoms with van der Waals surface area (Å²) in [5, 5.41) is 0. The number of aldehydes is 1. The number of hydrogen-bond acceptors (Lipinski definition) is 1. The summed E-state index contributed by atoms with van der Waals surface area (Å²) in [4.78, 5) is 10.8. The molecule has 0 aromatic rings. The Kier molecular flexibility index (Phi) is 4.21. The van der Waals surface area contributed by atoms with Crippen LogP contribution in [-0.4, -0.2) is 6.29 Å². The number of hydrogen-bond donors (Lipinski definition) is 0. The minimum absolute atomic E-state index is 0.464. The van der Waals surface area contributed by atoms with E-state index in [0.717, 1.165) is 35.9 Å². The highest BCUT2D eigenvalue weighted by molar-refractivity contribution is 5.64. The zero-order valence-electron chi connectivity index (χ0n) is 16.0. The fourth-order valence-electron chi connectivity index (χ4n) is 8.01. The lowest BCUT2D eigenvalue weighted by molar-refractivity contribution is -0.114. The lowest BCUT2D eigenvalue weighted by Gasteiger charge is -2.61. The monoisotopic (exact) mass is 328 g/mol. The molecule has 0 N–H and O–H groups in total. The molecule has 0 spiro atoms. The molecule has 4 fully saturated rings. The number of allylic oxidation sites excluding steroid dienone is 2. The Balaban J connectivity index is 1.58. The maximum atomic E-state index is 10.8. The van der Waals surface area contributed by atoms with E-state index < -0.39 is 0 Å². The molecule has 0 saturated heterocycles. The van der Waals surface area contributed by atoms with Crippen LogP contribution in [0, 0.1) is 46.3 Å². The third-order valence-corrected chi connectivity index (χ3v) is 9.42. The molecule has 4 aliphatic rings. The first-order valence-electron chi connectivity index (χ1n) is 10.6. The van der Waals surface area contributed by atoms with E-state index in [0.29, 0.717) is 16.7 Å². The largest absolute Gasteiger partial charge is 0.299 e. The van der Waals surface area contributed by atoms with Gasteiger partial charge in [0, 0.05) is 0 Å². The first kappa shape index (κ1) is 16.9. The number of rotatable bonds is 2. The van der Waals surface area contributed by atoms with Gasteiger partial charge in [0.05, 0.1) is 0 Å². The molecule has 1 nitrogen and oxygen atoms in total. The highest BCUT2D eigenvalue weighted by Crippen LogP contribution is 2.67. The van der Waals surface area contributed by atoms with Crippen LogP contribution in [0.5, 0.6) is 0 Å². The van der Waals surface area contributed by atoms with Gasteiger partial charge in [-0.1, -0.05) is 33.3 Å². The zero-order valence-corrected chi connectivity index (χ0v) is 16.0. The number of fused-ring (bicyclic) bond motifs is 5. The summed E-state index contributed by atoms with van der Waals surface area (Å²) in [5.41, 5.74) is 1.10. The SMILES string of the molecule is CC1CCC2(C)C(CCC3C4CCC(/C=C\C=O)C4(C)CCC32)C1. The fourth-order valence-corrected chi connectivity index (χ4v) is 8.01. The van der Waals surface area contributed by atoms with Crippen molar-refractivity contribution >= 4 is 6.29 Å². The van der Waals surface area contributed by atoms with E-state index in [2.05, 4.69) is 26.8 Å². The summed E-state index contributed by atoms with van der Waals surface area (Å²) in [6, 6.07) is 0. The molecule has 0 aromatic heterocycles. The highest BCUT2D eigenvalue weighted by atomic mass is 16.1. The minimum atomic E-state index is 0.464. The van der Waals surface area contributed by atoms with Crippen LogP contribution in [0.2, 0.25) is 0 Å². The van der Waals surface area contributed by atoms with Gasteiger partial charge in [-0.05, 0) is 104 Å². The molecule has 8 unspecified atom stereocenters. The van der Waals surface area contributed by atoms with Crippen molar-refractivity contribution in [2.24, 2.45) is 46.3 Å². The highest BCUT2D eigenvalue weighted by Gasteiger charge is 2.59. The third-order valence-electron chi connectivity index (χ3n) is 9.42. The summed E-state index contributed by atoms with van der Waals surface area (Å²) >= 11 is 0. The molecule has 24 heavy (non-hydrogen) atoms. The molecule has 8 atom stereocenters. The van der Waals surface area contributed by atoms with Gasteiger partial charge in [-0.3, -0.25) is 4.79 Å². The first-order valence-corrected chi connectivity index (χ1v) is 10.6. The van der Waals surface area contributed by atoms with Crippen molar-refractivity contribution in [2.75, 3.05) is 0 Å². The van der Waals surface area contributed by atoms with E-state index in [1.807, 2.05) is 0 Å². The normalized spacial score (nSPS) is 54.1. The van der Waals surface area contributed by atoms with Crippen molar-refractivity contribution in [1.29, 1.82) is 0 Å². The zero-order chi connectivity index (χ0) is 16.9. The Morgan fingerprint density at radius 1 is 0.875 bits per heavy atom. The van der Waals surface area contributed by atoms with Gasteiger partial charge >= 0.3 is 0 Å². The standard InChI is InChI=1S/C23H36O/c1-16-10-12-23(3)18(15-16)6-8-19-20-9-7-17(5-4-14-24)22(20,2)13-11-21(19)23/h4-5,14,16-21H,6-13,15H2,1-3H3/b5-4-. The van der Waals surface area contributed by atoms with E-state index in [9.17, 15) is 4.79 Å². The first-order chi connectivity index (χ1) is 11.5. The quantitative estimate of drug-likeness (QED) is 0.446. The van der Waals surface area contributed by atoms with E-state index in [-0.39, 0.29) is 0 Å². The van der Waals surface area contributed by atoms with Crippen molar-refractivity contribution in [3.8, 4) is 0 Å². The van der Waals surface area contributed by atoms with Crippen LogP contribution in [0.15, 0.2) is 12.2 Å². The summed E-state index contributed by atoms with van der Waals surface area (Å²) < 4.78 is 0. The fraction of sp³-hybridized carbons (Fsp3) is 0.870. The smallest absolute Gasteiger partial charge is 0.142 e. The van der Waals surface area contributed by atoms with Crippen molar-refractivity contribution in [3.05, 3.63) is 12.2 Å². The topological polar surface area (TPSA) is 17.1 Å². The second kappa shape index (κ2) is 5.99. The molecule has 0 amide bonds. The van der Waals surface area contributed by atoms with Gasteiger partial charge in [0.25, 0.3) is 0 Å². The Morgan fingerprint density at radius 2 is 1.62 bits per heavy atom. The second-order valence-corrected chi connectivity index (χ2v) is 10.3. The predicted molar refractivity (Wildman–Crippen MR) is 99.6 cm³/mol. The minimum Gasteiger partial charge on any atom is -0.299 e. The third kappa shape index (κ3) is 2.36. The molecule has 0 aliphatic heterocycles. The lowest BCUT2D eigenvalue weighted by Crippen LogP contribution is -2.53. The second-order valence-electron chi connectivity index (χ2n) is 10.3. The van der Waals surface area contributed by atoms with Crippen molar-refractivity contribution in [2.45, 2.75) is 78.6 Å². The predicted octanol–water partition coefficient (Wildman–Crippen LogP) is 6.04. The van der Waals surface area contributed by atoms with Gasteiger partial charge in [-0.25, -0.2) is 0 Å². The van der Waals surface area contributed by atoms with Crippen molar-refractivity contribution < 1.29 is 4.79 Å². The molecule has 4 rings (SSSR count). The Labute approximate surface area is 148 Å². The van der Waals surface area contributed by atoms with E-state index in [4.69, 9.17) is 0 Å². The Morgan fingerprint density at radius 3 is 2.42 bits per heavy atom. The number of carbonyl (C=O) groups is 1. The molecule has 4 saturated carbocycles. The van der Waals surface area contributed by atoms with Gasteiger partial charge in [0.2, 0.25) is 0 Å². The van der Waals surface area contributed by atoms with Crippen LogP contribution in [0.25, 0.3) is 0 Å². The summed E-state index contributed by atoms with van der Waals surface area (Å²) in [6.45, 7) is 7.70. The average molecular weight is 329 g/mol. The van der Waals surface area contributed by atoms with Crippen LogP contribution in [-0.2, 0) is 4.79 Å². The molecule has 0 aromatic carbocycles. The van der Waals surface area contributed by atoms with Crippen molar-refractivity contribution in [1.82, 2.24) is 0 Å². The Hall–Kier alpha value is -0.590. The molecule has 134 valence electrons. The lowest BCUT2D eigenvalue weighted by atomic mass is 9.44. The van der Waals surface area contributed by atoms with E-state index in [1.54, 1.807) is 6.08 Å². The van der Waals surface area contributed by atoms with Crippen LogP contribution in [0.4, 0.5) is 0 Å². The molecule has 0 radical (unpaired) electrons. The van der Waals surface area contributed by atoms with Gasteiger partial charge in [0.15, 0.2) is 0 Å². The molecule has 0 bridgehead atoms. The van der Waals surface area contributed by atoms with Crippen LogP contribution < -0.4 is 0 Å².